The molecule has 0 spiro atoms. The van der Waals surface area contributed by atoms with E-state index in [1.807, 2.05) is 6.26 Å². The van der Waals surface area contributed by atoms with E-state index in [9.17, 15) is 4.79 Å². The van der Waals surface area contributed by atoms with Crippen molar-refractivity contribution in [3.63, 3.8) is 0 Å². The van der Waals surface area contributed by atoms with Gasteiger partial charge in [0.15, 0.2) is 0 Å². The first-order chi connectivity index (χ1) is 4.56. The number of primary amides is 1. The van der Waals surface area contributed by atoms with Gasteiger partial charge in [0.1, 0.15) is 4.75 Å². The summed E-state index contributed by atoms with van der Waals surface area (Å²) in [5.74, 6) is -0.102. The summed E-state index contributed by atoms with van der Waals surface area (Å²) in [6, 6.07) is 0. The van der Waals surface area contributed by atoms with Gasteiger partial charge in [-0.3, -0.25) is 4.79 Å². The molecule has 1 atom stereocenters. The molecule has 0 aromatic rings. The molecule has 2 nitrogen and oxygen atoms in total. The SMILES string of the molecule is CSSC(C)(CCl)C(N)=O. The zero-order valence-corrected chi connectivity index (χ0v) is 8.28. The highest BCUT2D eigenvalue weighted by Crippen LogP contribution is 2.34. The number of nitrogens with two attached hydrogens (primary N) is 1. The molecule has 2 N–H and O–H groups in total. The third kappa shape index (κ3) is 2.60. The van der Waals surface area contributed by atoms with Gasteiger partial charge in [0, 0.05) is 5.88 Å². The smallest absolute Gasteiger partial charge is 0.235 e. The zero-order chi connectivity index (χ0) is 8.20. The second-order valence-corrected chi connectivity index (χ2v) is 5.15. The van der Waals surface area contributed by atoms with E-state index in [0.29, 0.717) is 0 Å². The highest BCUT2D eigenvalue weighted by molar-refractivity contribution is 8.77. The molecule has 0 bridgehead atoms. The van der Waals surface area contributed by atoms with Crippen molar-refractivity contribution in [1.82, 2.24) is 0 Å². The first-order valence-electron chi connectivity index (χ1n) is 2.64. The Bertz CT molecular complexity index is 133. The molecule has 0 saturated carbocycles. The summed E-state index contributed by atoms with van der Waals surface area (Å²) < 4.78 is -0.624. The van der Waals surface area contributed by atoms with Crippen LogP contribution < -0.4 is 5.73 Å². The normalized spacial score (nSPS) is 16.3. The van der Waals surface area contributed by atoms with E-state index in [1.54, 1.807) is 6.92 Å². The lowest BCUT2D eigenvalue weighted by atomic mass is 10.2. The summed E-state index contributed by atoms with van der Waals surface area (Å²) in [6.45, 7) is 1.74. The van der Waals surface area contributed by atoms with Gasteiger partial charge in [0.25, 0.3) is 0 Å². The van der Waals surface area contributed by atoms with E-state index in [0.717, 1.165) is 0 Å². The summed E-state index contributed by atoms with van der Waals surface area (Å²) in [5, 5.41) is 0. The Labute approximate surface area is 73.6 Å². The highest BCUT2D eigenvalue weighted by Gasteiger charge is 2.30. The van der Waals surface area contributed by atoms with Crippen LogP contribution in [0.4, 0.5) is 0 Å². The van der Waals surface area contributed by atoms with Crippen LogP contribution in [-0.4, -0.2) is 22.8 Å². The van der Waals surface area contributed by atoms with Gasteiger partial charge in [-0.1, -0.05) is 21.6 Å². The average Bonchev–Trinajstić information content (AvgIpc) is 1.88. The molecule has 0 radical (unpaired) electrons. The molecule has 0 saturated heterocycles. The van der Waals surface area contributed by atoms with Crippen molar-refractivity contribution in [2.24, 2.45) is 5.73 Å². The first kappa shape index (κ1) is 10.5. The maximum absolute atomic E-state index is 10.7. The van der Waals surface area contributed by atoms with Crippen LogP contribution >= 0.6 is 33.2 Å². The first-order valence-corrected chi connectivity index (χ1v) is 5.74. The molecule has 0 heterocycles. The van der Waals surface area contributed by atoms with Crippen molar-refractivity contribution in [2.45, 2.75) is 11.7 Å². The second kappa shape index (κ2) is 4.36. The maximum Gasteiger partial charge on any atom is 0.235 e. The largest absolute Gasteiger partial charge is 0.368 e. The molecule has 0 aromatic heterocycles. The van der Waals surface area contributed by atoms with Crippen molar-refractivity contribution in [3.05, 3.63) is 0 Å². The molecule has 0 aliphatic heterocycles. The fourth-order valence-electron chi connectivity index (χ4n) is 0.313. The Morgan fingerprint density at radius 2 is 2.30 bits per heavy atom. The van der Waals surface area contributed by atoms with Gasteiger partial charge in [0.05, 0.1) is 0 Å². The third-order valence-corrected chi connectivity index (χ3v) is 4.22. The number of hydrogen-bond acceptors (Lipinski definition) is 3. The van der Waals surface area contributed by atoms with Crippen molar-refractivity contribution in [3.8, 4) is 0 Å². The van der Waals surface area contributed by atoms with Crippen LogP contribution in [0.15, 0.2) is 0 Å². The maximum atomic E-state index is 10.7. The van der Waals surface area contributed by atoms with E-state index in [1.165, 1.54) is 21.6 Å². The molecule has 1 amide bonds. The summed E-state index contributed by atoms with van der Waals surface area (Å²) >= 11 is 5.55. The minimum Gasteiger partial charge on any atom is -0.368 e. The standard InChI is InChI=1S/C5H10ClNOS2/c1-5(3-6,4(7)8)10-9-2/h3H2,1-2H3,(H2,7,8). The van der Waals surface area contributed by atoms with Gasteiger partial charge in [-0.2, -0.15) is 0 Å². The molecule has 60 valence electrons. The second-order valence-electron chi connectivity index (χ2n) is 1.98. The fraction of sp³-hybridized carbons (Fsp3) is 0.800. The van der Waals surface area contributed by atoms with Crippen molar-refractivity contribution < 1.29 is 4.79 Å². The fourth-order valence-corrected chi connectivity index (χ4v) is 2.82. The molecule has 5 heteroatoms. The Morgan fingerprint density at radius 3 is 2.40 bits per heavy atom. The lowest BCUT2D eigenvalue weighted by Gasteiger charge is -2.19. The van der Waals surface area contributed by atoms with Crippen molar-refractivity contribution >= 4 is 39.1 Å². The summed E-state index contributed by atoms with van der Waals surface area (Å²) in [7, 11) is 2.89. The van der Waals surface area contributed by atoms with Crippen LogP contribution in [0.25, 0.3) is 0 Å². The molecule has 10 heavy (non-hydrogen) atoms. The van der Waals surface area contributed by atoms with Gasteiger partial charge < -0.3 is 5.73 Å². The van der Waals surface area contributed by atoms with Gasteiger partial charge in [-0.25, -0.2) is 0 Å². The van der Waals surface area contributed by atoms with Crippen molar-refractivity contribution in [1.29, 1.82) is 0 Å². The minimum atomic E-state index is -0.624. The monoisotopic (exact) mass is 199 g/mol. The lowest BCUT2D eigenvalue weighted by Crippen LogP contribution is -2.38. The Balaban J connectivity index is 4.08. The number of carbonyl (C=O) groups is 1. The molecule has 0 aromatic carbocycles. The number of rotatable bonds is 4. The highest BCUT2D eigenvalue weighted by atomic mass is 35.5. The summed E-state index contributed by atoms with van der Waals surface area (Å²) in [5.41, 5.74) is 5.11. The molecule has 0 aliphatic carbocycles. The summed E-state index contributed by atoms with van der Waals surface area (Å²) in [6.07, 6.45) is 1.89. The Hall–Kier alpha value is 0.460. The predicted octanol–water partition coefficient (Wildman–Crippen LogP) is 1.48. The van der Waals surface area contributed by atoms with Crippen LogP contribution in [0.5, 0.6) is 0 Å². The number of halogens is 1. The Morgan fingerprint density at radius 1 is 1.80 bits per heavy atom. The predicted molar refractivity (Wildman–Crippen MR) is 49.4 cm³/mol. The third-order valence-electron chi connectivity index (χ3n) is 1.04. The number of alkyl halides is 1. The van der Waals surface area contributed by atoms with E-state index in [4.69, 9.17) is 17.3 Å². The van der Waals surface area contributed by atoms with Crippen LogP contribution in [0.2, 0.25) is 0 Å². The van der Waals surface area contributed by atoms with Gasteiger partial charge in [0.2, 0.25) is 5.91 Å². The van der Waals surface area contributed by atoms with Crippen LogP contribution in [0.3, 0.4) is 0 Å². The van der Waals surface area contributed by atoms with Crippen LogP contribution in [-0.2, 0) is 4.79 Å². The molecule has 0 rings (SSSR count). The van der Waals surface area contributed by atoms with Crippen LogP contribution in [0.1, 0.15) is 6.92 Å². The summed E-state index contributed by atoms with van der Waals surface area (Å²) in [4.78, 5) is 10.7. The van der Waals surface area contributed by atoms with E-state index in [2.05, 4.69) is 0 Å². The lowest BCUT2D eigenvalue weighted by molar-refractivity contribution is -0.119. The van der Waals surface area contributed by atoms with Crippen LogP contribution in [0, 0.1) is 0 Å². The topological polar surface area (TPSA) is 43.1 Å². The quantitative estimate of drug-likeness (QED) is 0.551. The minimum absolute atomic E-state index is 0.258. The molecule has 0 fully saturated rings. The van der Waals surface area contributed by atoms with E-state index in [-0.39, 0.29) is 11.8 Å². The van der Waals surface area contributed by atoms with E-state index >= 15 is 0 Å². The average molecular weight is 200 g/mol. The number of carbonyl (C=O) groups excluding carboxylic acids is 1. The van der Waals surface area contributed by atoms with Crippen molar-refractivity contribution in [2.75, 3.05) is 12.1 Å². The molecular formula is C5H10ClNOS2. The van der Waals surface area contributed by atoms with Gasteiger partial charge in [-0.15, -0.1) is 11.6 Å². The molecule has 0 aliphatic rings. The Kier molecular flexibility index (Phi) is 4.56. The van der Waals surface area contributed by atoms with Gasteiger partial charge >= 0.3 is 0 Å². The van der Waals surface area contributed by atoms with E-state index < -0.39 is 4.75 Å². The number of hydrogen-bond donors (Lipinski definition) is 1. The molecule has 1 unspecified atom stereocenters. The zero-order valence-electron chi connectivity index (χ0n) is 5.89. The van der Waals surface area contributed by atoms with Gasteiger partial charge in [-0.05, 0) is 13.2 Å². The molecular weight excluding hydrogens is 190 g/mol. The number of amides is 1.